The van der Waals surface area contributed by atoms with Crippen LogP contribution in [-0.2, 0) is 0 Å². The number of hydrogen-bond acceptors (Lipinski definition) is 3. The summed E-state index contributed by atoms with van der Waals surface area (Å²) in [7, 11) is 2.19. The molecule has 2 unspecified atom stereocenters. The fourth-order valence-electron chi connectivity index (χ4n) is 3.01. The van der Waals surface area contributed by atoms with Crippen LogP contribution in [0.15, 0.2) is 34.7 Å². The Labute approximate surface area is 120 Å². The molecule has 0 radical (unpaired) electrons. The van der Waals surface area contributed by atoms with E-state index in [9.17, 15) is 0 Å². The predicted octanol–water partition coefficient (Wildman–Crippen LogP) is 3.57. The minimum Gasteiger partial charge on any atom is -0.459 e. The van der Waals surface area contributed by atoms with E-state index in [0.717, 1.165) is 24.4 Å². The van der Waals surface area contributed by atoms with Gasteiger partial charge in [-0.25, -0.2) is 0 Å². The number of likely N-dealkylation sites (N-methyl/N-ethyl adjacent to an activating group) is 1. The lowest BCUT2D eigenvalue weighted by Gasteiger charge is -2.30. The van der Waals surface area contributed by atoms with E-state index in [2.05, 4.69) is 42.4 Å². The molecule has 1 aliphatic rings. The summed E-state index contributed by atoms with van der Waals surface area (Å²) >= 11 is 0. The van der Waals surface area contributed by atoms with E-state index >= 15 is 0 Å². The Morgan fingerprint density at radius 1 is 1.35 bits per heavy atom. The first-order chi connectivity index (χ1) is 9.74. The molecule has 1 aliphatic heterocycles. The third-order valence-electron chi connectivity index (χ3n) is 4.44. The van der Waals surface area contributed by atoms with Gasteiger partial charge in [-0.2, -0.15) is 0 Å². The summed E-state index contributed by atoms with van der Waals surface area (Å²) in [6.07, 6.45) is 3.96. The van der Waals surface area contributed by atoms with Gasteiger partial charge in [-0.1, -0.05) is 24.6 Å². The maximum Gasteiger partial charge on any atom is 0.134 e. The molecule has 2 atom stereocenters. The van der Waals surface area contributed by atoms with Gasteiger partial charge in [-0.3, -0.25) is 4.90 Å². The van der Waals surface area contributed by atoms with Crippen LogP contribution >= 0.6 is 0 Å². The summed E-state index contributed by atoms with van der Waals surface area (Å²) in [6, 6.07) is 11.3. The second kappa shape index (κ2) is 5.98. The molecule has 1 saturated heterocycles. The molecule has 0 bridgehead atoms. The van der Waals surface area contributed by atoms with E-state index in [1.54, 1.807) is 0 Å². The summed E-state index contributed by atoms with van der Waals surface area (Å²) in [5.74, 6) is 1.06. The average Bonchev–Trinajstić information content (AvgIpc) is 2.91. The van der Waals surface area contributed by atoms with Crippen molar-refractivity contribution in [3.8, 4) is 0 Å². The fourth-order valence-corrected chi connectivity index (χ4v) is 3.01. The van der Waals surface area contributed by atoms with Crippen LogP contribution < -0.4 is 5.32 Å². The van der Waals surface area contributed by atoms with Crippen molar-refractivity contribution in [1.29, 1.82) is 0 Å². The Balaban J connectivity index is 1.68. The van der Waals surface area contributed by atoms with E-state index < -0.39 is 0 Å². The van der Waals surface area contributed by atoms with Gasteiger partial charge in [0.05, 0.1) is 6.04 Å². The zero-order valence-electron chi connectivity index (χ0n) is 12.4. The molecule has 1 aromatic heterocycles. The molecular weight excluding hydrogens is 248 g/mol. The van der Waals surface area contributed by atoms with Crippen LogP contribution in [0.2, 0.25) is 0 Å². The number of piperidine rings is 1. The van der Waals surface area contributed by atoms with Crippen molar-refractivity contribution in [1.82, 2.24) is 10.2 Å². The minimum absolute atomic E-state index is 0.311. The number of rotatable bonds is 4. The normalized spacial score (nSPS) is 21.4. The van der Waals surface area contributed by atoms with E-state index in [1.807, 2.05) is 12.1 Å². The summed E-state index contributed by atoms with van der Waals surface area (Å²) in [5.41, 5.74) is 0.985. The topological polar surface area (TPSA) is 28.4 Å². The summed E-state index contributed by atoms with van der Waals surface area (Å²) in [4.78, 5) is 2.39. The number of nitrogens with one attached hydrogen (secondary N) is 1. The number of nitrogens with zero attached hydrogens (tertiary/aromatic N) is 1. The highest BCUT2D eigenvalue weighted by atomic mass is 16.3. The molecular formula is C17H24N2O. The smallest absolute Gasteiger partial charge is 0.134 e. The van der Waals surface area contributed by atoms with Crippen LogP contribution in [0.3, 0.4) is 0 Å². The first-order valence-corrected chi connectivity index (χ1v) is 7.66. The first kappa shape index (κ1) is 13.7. The monoisotopic (exact) mass is 272 g/mol. The SMILES string of the molecule is CC(c1cc2ccccc2o1)N(C)CC1CCCCN1. The Kier molecular flexibility index (Phi) is 4.08. The van der Waals surface area contributed by atoms with Gasteiger partial charge in [0.2, 0.25) is 0 Å². The number of hydrogen-bond donors (Lipinski definition) is 1. The average molecular weight is 272 g/mol. The van der Waals surface area contributed by atoms with Gasteiger partial charge < -0.3 is 9.73 Å². The largest absolute Gasteiger partial charge is 0.459 e. The minimum atomic E-state index is 0.311. The predicted molar refractivity (Wildman–Crippen MR) is 82.9 cm³/mol. The molecule has 1 fully saturated rings. The van der Waals surface area contributed by atoms with Crippen LogP contribution in [-0.4, -0.2) is 31.1 Å². The Morgan fingerprint density at radius 3 is 2.95 bits per heavy atom. The van der Waals surface area contributed by atoms with Crippen LogP contribution in [0, 0.1) is 0 Å². The van der Waals surface area contributed by atoms with Crippen molar-refractivity contribution in [3.63, 3.8) is 0 Å². The van der Waals surface area contributed by atoms with Crippen molar-refractivity contribution in [2.75, 3.05) is 20.1 Å². The number of fused-ring (bicyclic) bond motifs is 1. The highest BCUT2D eigenvalue weighted by Crippen LogP contribution is 2.27. The summed E-state index contributed by atoms with van der Waals surface area (Å²) in [5, 5.41) is 4.80. The Bertz CT molecular complexity index is 524. The Hall–Kier alpha value is -1.32. The van der Waals surface area contributed by atoms with Gasteiger partial charge in [0.15, 0.2) is 0 Å². The molecule has 2 heterocycles. The van der Waals surface area contributed by atoms with Crippen molar-refractivity contribution in [2.45, 2.75) is 38.3 Å². The maximum atomic E-state index is 5.98. The lowest BCUT2D eigenvalue weighted by Crippen LogP contribution is -2.43. The third-order valence-corrected chi connectivity index (χ3v) is 4.44. The number of benzene rings is 1. The zero-order chi connectivity index (χ0) is 13.9. The van der Waals surface area contributed by atoms with Gasteiger partial charge in [0, 0.05) is 18.0 Å². The molecule has 0 saturated carbocycles. The standard InChI is InChI=1S/C17H24N2O/c1-13(19(2)12-15-8-5-6-10-18-15)17-11-14-7-3-4-9-16(14)20-17/h3-4,7,9,11,13,15,18H,5-6,8,10,12H2,1-2H3. The van der Waals surface area contributed by atoms with Crippen molar-refractivity contribution >= 4 is 11.0 Å². The molecule has 3 nitrogen and oxygen atoms in total. The first-order valence-electron chi connectivity index (χ1n) is 7.66. The molecule has 0 aliphatic carbocycles. The van der Waals surface area contributed by atoms with Gasteiger partial charge in [-0.15, -0.1) is 0 Å². The highest BCUT2D eigenvalue weighted by Gasteiger charge is 2.20. The van der Waals surface area contributed by atoms with Crippen LogP contribution in [0.1, 0.15) is 38.0 Å². The summed E-state index contributed by atoms with van der Waals surface area (Å²) in [6.45, 7) is 4.47. The highest BCUT2D eigenvalue weighted by molar-refractivity contribution is 5.77. The second-order valence-corrected chi connectivity index (χ2v) is 5.95. The molecule has 20 heavy (non-hydrogen) atoms. The molecule has 3 rings (SSSR count). The van der Waals surface area contributed by atoms with Crippen LogP contribution in [0.5, 0.6) is 0 Å². The van der Waals surface area contributed by atoms with Gasteiger partial charge in [0.1, 0.15) is 11.3 Å². The molecule has 1 N–H and O–H groups in total. The van der Waals surface area contributed by atoms with Crippen LogP contribution in [0.4, 0.5) is 0 Å². The molecule has 2 aromatic rings. The van der Waals surface area contributed by atoms with E-state index in [0.29, 0.717) is 12.1 Å². The maximum absolute atomic E-state index is 5.98. The quantitative estimate of drug-likeness (QED) is 0.922. The van der Waals surface area contributed by atoms with E-state index in [1.165, 1.54) is 24.6 Å². The number of para-hydroxylation sites is 1. The second-order valence-electron chi connectivity index (χ2n) is 5.95. The number of furan rings is 1. The molecule has 108 valence electrons. The zero-order valence-corrected chi connectivity index (χ0v) is 12.4. The molecule has 0 spiro atoms. The third kappa shape index (κ3) is 2.89. The van der Waals surface area contributed by atoms with Crippen molar-refractivity contribution in [3.05, 3.63) is 36.1 Å². The van der Waals surface area contributed by atoms with Gasteiger partial charge in [0.25, 0.3) is 0 Å². The Morgan fingerprint density at radius 2 is 2.20 bits per heavy atom. The summed E-state index contributed by atoms with van der Waals surface area (Å²) < 4.78 is 5.98. The molecule has 1 aromatic carbocycles. The van der Waals surface area contributed by atoms with Crippen molar-refractivity contribution < 1.29 is 4.42 Å². The van der Waals surface area contributed by atoms with E-state index in [4.69, 9.17) is 4.42 Å². The van der Waals surface area contributed by atoms with E-state index in [-0.39, 0.29) is 0 Å². The van der Waals surface area contributed by atoms with Crippen LogP contribution in [0.25, 0.3) is 11.0 Å². The molecule has 3 heteroatoms. The van der Waals surface area contributed by atoms with Crippen molar-refractivity contribution in [2.24, 2.45) is 0 Å². The van der Waals surface area contributed by atoms with Gasteiger partial charge in [-0.05, 0) is 45.5 Å². The lowest BCUT2D eigenvalue weighted by molar-refractivity contribution is 0.197. The lowest BCUT2D eigenvalue weighted by atomic mass is 10.0. The fraction of sp³-hybridized carbons (Fsp3) is 0.529. The van der Waals surface area contributed by atoms with Gasteiger partial charge >= 0.3 is 0 Å². The molecule has 0 amide bonds.